The summed E-state index contributed by atoms with van der Waals surface area (Å²) in [4.78, 5) is 4.93. The first kappa shape index (κ1) is 18.6. The molecule has 0 aromatic heterocycles. The van der Waals surface area contributed by atoms with Crippen molar-refractivity contribution in [3.8, 4) is 0 Å². The van der Waals surface area contributed by atoms with E-state index in [-0.39, 0.29) is 5.25 Å². The zero-order valence-electron chi connectivity index (χ0n) is 16.3. The molecule has 0 bridgehead atoms. The molecule has 5 rings (SSSR count). The Balaban J connectivity index is 1.50. The van der Waals surface area contributed by atoms with E-state index in [1.54, 1.807) is 4.31 Å². The fourth-order valence-corrected chi connectivity index (χ4v) is 6.25. The van der Waals surface area contributed by atoms with Gasteiger partial charge in [-0.2, -0.15) is 4.31 Å². The third kappa shape index (κ3) is 3.53. The van der Waals surface area contributed by atoms with Crippen LogP contribution in [0.5, 0.6) is 0 Å². The van der Waals surface area contributed by atoms with E-state index in [0.717, 1.165) is 48.5 Å². The smallest absolute Gasteiger partial charge is 0.217 e. The van der Waals surface area contributed by atoms with Crippen molar-refractivity contribution in [3.63, 3.8) is 0 Å². The van der Waals surface area contributed by atoms with Crippen LogP contribution >= 0.6 is 0 Å². The molecule has 7 heteroatoms. The highest BCUT2D eigenvalue weighted by molar-refractivity contribution is 7.90. The molecule has 3 aliphatic rings. The van der Waals surface area contributed by atoms with Crippen molar-refractivity contribution < 1.29 is 8.42 Å². The number of anilines is 2. The fraction of sp³-hybridized carbons (Fsp3) is 0.409. The molecule has 2 heterocycles. The predicted molar refractivity (Wildman–Crippen MR) is 117 cm³/mol. The molecule has 29 heavy (non-hydrogen) atoms. The number of piperidine rings is 1. The number of benzene rings is 2. The van der Waals surface area contributed by atoms with Crippen molar-refractivity contribution in [2.24, 2.45) is 4.99 Å². The Labute approximate surface area is 172 Å². The SMILES string of the molecule is O=S(=O)(C1CC1)N1CCCC2(C1)Nc1ccccc1NC2=NCc1ccccc1. The van der Waals surface area contributed by atoms with Crippen molar-refractivity contribution in [2.45, 2.75) is 43.0 Å². The summed E-state index contributed by atoms with van der Waals surface area (Å²) in [6.45, 7) is 1.57. The number of sulfonamides is 1. The molecule has 2 aliphatic heterocycles. The summed E-state index contributed by atoms with van der Waals surface area (Å²) in [6, 6.07) is 18.2. The average molecular weight is 411 g/mol. The summed E-state index contributed by atoms with van der Waals surface area (Å²) in [7, 11) is -3.22. The van der Waals surface area contributed by atoms with Gasteiger partial charge in [-0.1, -0.05) is 42.5 Å². The lowest BCUT2D eigenvalue weighted by atomic mass is 9.86. The number of fused-ring (bicyclic) bond motifs is 1. The number of amidine groups is 1. The predicted octanol–water partition coefficient (Wildman–Crippen LogP) is 3.45. The van der Waals surface area contributed by atoms with Crippen molar-refractivity contribution in [3.05, 3.63) is 60.2 Å². The molecule has 1 saturated heterocycles. The second-order valence-electron chi connectivity index (χ2n) is 8.21. The molecule has 1 saturated carbocycles. The summed E-state index contributed by atoms with van der Waals surface area (Å²) < 4.78 is 27.6. The fourth-order valence-electron chi connectivity index (χ4n) is 4.32. The van der Waals surface area contributed by atoms with Gasteiger partial charge in [0.25, 0.3) is 0 Å². The van der Waals surface area contributed by atoms with Crippen molar-refractivity contribution in [1.82, 2.24) is 4.31 Å². The summed E-state index contributed by atoms with van der Waals surface area (Å²) >= 11 is 0. The lowest BCUT2D eigenvalue weighted by Gasteiger charge is -2.47. The van der Waals surface area contributed by atoms with Gasteiger partial charge in [0.05, 0.1) is 23.2 Å². The maximum atomic E-state index is 12.9. The van der Waals surface area contributed by atoms with Crippen LogP contribution in [0.3, 0.4) is 0 Å². The van der Waals surface area contributed by atoms with E-state index in [2.05, 4.69) is 22.8 Å². The molecule has 152 valence electrons. The molecule has 1 unspecified atom stereocenters. The van der Waals surface area contributed by atoms with Gasteiger partial charge in [-0.25, -0.2) is 8.42 Å². The van der Waals surface area contributed by atoms with Crippen LogP contribution in [0.15, 0.2) is 59.6 Å². The Morgan fingerprint density at radius 2 is 1.76 bits per heavy atom. The van der Waals surface area contributed by atoms with Gasteiger partial charge in [-0.15, -0.1) is 0 Å². The first-order valence-electron chi connectivity index (χ1n) is 10.3. The number of hydrogen-bond acceptors (Lipinski definition) is 4. The van der Waals surface area contributed by atoms with E-state index in [9.17, 15) is 8.42 Å². The highest BCUT2D eigenvalue weighted by Gasteiger charge is 2.49. The molecule has 2 N–H and O–H groups in total. The number of nitrogens with one attached hydrogen (secondary N) is 2. The molecule has 1 atom stereocenters. The van der Waals surface area contributed by atoms with Gasteiger partial charge in [0, 0.05) is 13.1 Å². The summed E-state index contributed by atoms with van der Waals surface area (Å²) in [6.07, 6.45) is 3.23. The molecule has 2 aromatic rings. The second kappa shape index (κ2) is 7.15. The monoisotopic (exact) mass is 410 g/mol. The first-order valence-corrected chi connectivity index (χ1v) is 11.8. The zero-order chi connectivity index (χ0) is 19.9. The molecule has 1 spiro atoms. The van der Waals surface area contributed by atoms with Crippen molar-refractivity contribution in [2.75, 3.05) is 23.7 Å². The van der Waals surface area contributed by atoms with Crippen molar-refractivity contribution in [1.29, 1.82) is 0 Å². The van der Waals surface area contributed by atoms with Crippen LogP contribution in [-0.4, -0.2) is 42.4 Å². The van der Waals surface area contributed by atoms with Gasteiger partial charge >= 0.3 is 0 Å². The van der Waals surface area contributed by atoms with E-state index in [0.29, 0.717) is 19.6 Å². The summed E-state index contributed by atoms with van der Waals surface area (Å²) in [5.41, 5.74) is 2.58. The highest BCUT2D eigenvalue weighted by atomic mass is 32.2. The van der Waals surface area contributed by atoms with Crippen LogP contribution in [-0.2, 0) is 16.6 Å². The molecular formula is C22H26N4O2S. The van der Waals surface area contributed by atoms with Gasteiger partial charge in [0.2, 0.25) is 10.0 Å². The Hall–Kier alpha value is -2.38. The largest absolute Gasteiger partial charge is 0.370 e. The van der Waals surface area contributed by atoms with E-state index < -0.39 is 15.6 Å². The van der Waals surface area contributed by atoms with Gasteiger partial charge in [-0.05, 0) is 43.4 Å². The zero-order valence-corrected chi connectivity index (χ0v) is 17.2. The first-order chi connectivity index (χ1) is 14.1. The van der Waals surface area contributed by atoms with Crippen LogP contribution in [0.4, 0.5) is 11.4 Å². The van der Waals surface area contributed by atoms with Crippen LogP contribution in [0.25, 0.3) is 0 Å². The highest BCUT2D eigenvalue weighted by Crippen LogP contribution is 2.39. The molecule has 6 nitrogen and oxygen atoms in total. The third-order valence-corrected chi connectivity index (χ3v) is 8.38. The maximum absolute atomic E-state index is 12.9. The van der Waals surface area contributed by atoms with E-state index in [1.807, 2.05) is 42.5 Å². The molecular weight excluding hydrogens is 384 g/mol. The van der Waals surface area contributed by atoms with E-state index in [1.165, 1.54) is 0 Å². The van der Waals surface area contributed by atoms with Gasteiger partial charge < -0.3 is 10.6 Å². The quantitative estimate of drug-likeness (QED) is 0.810. The van der Waals surface area contributed by atoms with Gasteiger partial charge in [0.15, 0.2) is 0 Å². The van der Waals surface area contributed by atoms with Crippen molar-refractivity contribution >= 4 is 27.2 Å². The Morgan fingerprint density at radius 1 is 1.03 bits per heavy atom. The molecule has 2 aromatic carbocycles. The minimum absolute atomic E-state index is 0.189. The van der Waals surface area contributed by atoms with Gasteiger partial charge in [0.1, 0.15) is 11.4 Å². The number of nitrogens with zero attached hydrogens (tertiary/aromatic N) is 2. The maximum Gasteiger partial charge on any atom is 0.217 e. The minimum Gasteiger partial charge on any atom is -0.370 e. The van der Waals surface area contributed by atoms with E-state index in [4.69, 9.17) is 4.99 Å². The molecule has 0 radical (unpaired) electrons. The number of para-hydroxylation sites is 2. The van der Waals surface area contributed by atoms with Crippen LogP contribution in [0, 0.1) is 0 Å². The Bertz CT molecular complexity index is 1030. The van der Waals surface area contributed by atoms with Crippen LogP contribution in [0.1, 0.15) is 31.2 Å². The standard InChI is InChI=1S/C22H26N4O2S/c27-29(28,18-11-12-18)26-14-6-13-22(16-26)21(23-15-17-7-2-1-3-8-17)24-19-9-4-5-10-20(19)25-22/h1-5,7-10,18,25H,6,11-16H2,(H,23,24). The third-order valence-electron chi connectivity index (χ3n) is 6.03. The lowest BCUT2D eigenvalue weighted by Crippen LogP contribution is -2.62. The average Bonchev–Trinajstić information content (AvgIpc) is 3.59. The molecule has 0 amide bonds. The lowest BCUT2D eigenvalue weighted by molar-refractivity contribution is 0.293. The molecule has 2 fully saturated rings. The summed E-state index contributed by atoms with van der Waals surface area (Å²) in [5, 5.41) is 6.98. The number of aliphatic imine (C=N–C) groups is 1. The Kier molecular flexibility index (Phi) is 4.59. The van der Waals surface area contributed by atoms with Gasteiger partial charge in [-0.3, -0.25) is 4.99 Å². The van der Waals surface area contributed by atoms with Crippen LogP contribution < -0.4 is 10.6 Å². The minimum atomic E-state index is -3.22. The Morgan fingerprint density at radius 3 is 2.52 bits per heavy atom. The second-order valence-corrected chi connectivity index (χ2v) is 10.4. The van der Waals surface area contributed by atoms with E-state index >= 15 is 0 Å². The summed E-state index contributed by atoms with van der Waals surface area (Å²) in [5.74, 6) is 0.829. The number of hydrogen-bond donors (Lipinski definition) is 2. The number of rotatable bonds is 4. The molecule has 1 aliphatic carbocycles. The normalized spacial score (nSPS) is 26.0. The van der Waals surface area contributed by atoms with Crippen LogP contribution in [0.2, 0.25) is 0 Å². The topological polar surface area (TPSA) is 73.8 Å².